The smallest absolute Gasteiger partial charge is 0.0198 e. The minimum absolute atomic E-state index is 0.902. The predicted molar refractivity (Wildman–Crippen MR) is 37.2 cm³/mol. The summed E-state index contributed by atoms with van der Waals surface area (Å²) in [5, 5.41) is 0. The van der Waals surface area contributed by atoms with Gasteiger partial charge in [-0.3, -0.25) is 0 Å². The molecule has 8 heavy (non-hydrogen) atoms. The van der Waals surface area contributed by atoms with Crippen molar-refractivity contribution in [3.05, 3.63) is 19.1 Å². The van der Waals surface area contributed by atoms with E-state index in [2.05, 4.69) is 25.3 Å². The summed E-state index contributed by atoms with van der Waals surface area (Å²) in [5.74, 6) is 5.44. The van der Waals surface area contributed by atoms with E-state index in [9.17, 15) is 0 Å². The lowest BCUT2D eigenvalue weighted by atomic mass is 10.2. The molecule has 0 spiro atoms. The van der Waals surface area contributed by atoms with Gasteiger partial charge in [-0.25, -0.2) is 0 Å². The minimum Gasteiger partial charge on any atom is -0.103 e. The molecule has 0 heterocycles. The van der Waals surface area contributed by atoms with Crippen LogP contribution in [0.5, 0.6) is 0 Å². The van der Waals surface area contributed by atoms with Gasteiger partial charge in [0.2, 0.25) is 0 Å². The van der Waals surface area contributed by atoms with Crippen LogP contribution in [-0.4, -0.2) is 0 Å². The Hall–Kier alpha value is -0.700. The molecule has 0 saturated carbocycles. The SMILES string of the molecule is [CH2]C#CCCC(=C)C. The highest BCUT2D eigenvalue weighted by molar-refractivity contribution is 5.04. The second kappa shape index (κ2) is 4.46. The number of allylic oxidation sites excluding steroid dienone is 1. The van der Waals surface area contributed by atoms with E-state index in [1.54, 1.807) is 0 Å². The van der Waals surface area contributed by atoms with Gasteiger partial charge in [-0.15, -0.1) is 18.4 Å². The summed E-state index contributed by atoms with van der Waals surface area (Å²) < 4.78 is 0. The highest BCUT2D eigenvalue weighted by Crippen LogP contribution is 1.97. The molecule has 43 valence electrons. The molecule has 0 bridgehead atoms. The topological polar surface area (TPSA) is 0 Å². The third kappa shape index (κ3) is 5.30. The van der Waals surface area contributed by atoms with Crippen LogP contribution in [0.4, 0.5) is 0 Å². The maximum atomic E-state index is 3.74. The van der Waals surface area contributed by atoms with Gasteiger partial charge < -0.3 is 0 Å². The molecule has 0 unspecified atom stereocenters. The summed E-state index contributed by atoms with van der Waals surface area (Å²) in [4.78, 5) is 0. The summed E-state index contributed by atoms with van der Waals surface area (Å²) in [6, 6.07) is 0. The van der Waals surface area contributed by atoms with Crippen molar-refractivity contribution in [2.24, 2.45) is 0 Å². The Labute approximate surface area is 51.6 Å². The van der Waals surface area contributed by atoms with Crippen LogP contribution in [-0.2, 0) is 0 Å². The molecular formula is C8H11. The Bertz CT molecular complexity index is 121. The number of hydrogen-bond donors (Lipinski definition) is 0. The molecule has 0 nitrogen and oxygen atoms in total. The van der Waals surface area contributed by atoms with Crippen molar-refractivity contribution < 1.29 is 0 Å². The monoisotopic (exact) mass is 107 g/mol. The molecule has 0 aromatic carbocycles. The van der Waals surface area contributed by atoms with Crippen LogP contribution in [0.1, 0.15) is 19.8 Å². The fourth-order valence-electron chi connectivity index (χ4n) is 0.364. The van der Waals surface area contributed by atoms with Crippen molar-refractivity contribution in [1.82, 2.24) is 0 Å². The molecule has 0 atom stereocenters. The predicted octanol–water partition coefficient (Wildman–Crippen LogP) is 2.18. The average molecular weight is 107 g/mol. The zero-order valence-electron chi connectivity index (χ0n) is 5.33. The van der Waals surface area contributed by atoms with E-state index in [0.717, 1.165) is 12.8 Å². The summed E-state index contributed by atoms with van der Waals surface area (Å²) >= 11 is 0. The lowest BCUT2D eigenvalue weighted by Gasteiger charge is -1.87. The van der Waals surface area contributed by atoms with Crippen LogP contribution >= 0.6 is 0 Å². The van der Waals surface area contributed by atoms with Crippen molar-refractivity contribution in [3.8, 4) is 11.8 Å². The fraction of sp³-hybridized carbons (Fsp3) is 0.375. The molecule has 0 fully saturated rings. The van der Waals surface area contributed by atoms with Gasteiger partial charge >= 0.3 is 0 Å². The maximum Gasteiger partial charge on any atom is 0.0198 e. The van der Waals surface area contributed by atoms with Gasteiger partial charge in [0, 0.05) is 13.3 Å². The molecule has 0 heteroatoms. The summed E-state index contributed by atoms with van der Waals surface area (Å²) in [6.45, 7) is 9.14. The van der Waals surface area contributed by atoms with Crippen LogP contribution < -0.4 is 0 Å². The van der Waals surface area contributed by atoms with Crippen LogP contribution in [0.25, 0.3) is 0 Å². The molecule has 0 rings (SSSR count). The van der Waals surface area contributed by atoms with Crippen molar-refractivity contribution in [2.45, 2.75) is 19.8 Å². The fourth-order valence-corrected chi connectivity index (χ4v) is 0.364. The first kappa shape index (κ1) is 7.30. The quantitative estimate of drug-likeness (QED) is 0.375. The third-order valence-corrected chi connectivity index (χ3v) is 0.802. The second-order valence-corrected chi connectivity index (χ2v) is 1.81. The highest BCUT2D eigenvalue weighted by atomic mass is 13.8. The molecule has 1 radical (unpaired) electrons. The average Bonchev–Trinajstić information content (AvgIpc) is 1.66. The van der Waals surface area contributed by atoms with E-state index in [0.29, 0.717) is 0 Å². The number of rotatable bonds is 2. The molecule has 0 saturated heterocycles. The first-order chi connectivity index (χ1) is 3.77. The van der Waals surface area contributed by atoms with E-state index in [1.807, 2.05) is 6.92 Å². The molecule has 0 N–H and O–H groups in total. The Morgan fingerprint density at radius 2 is 2.25 bits per heavy atom. The van der Waals surface area contributed by atoms with Crippen molar-refractivity contribution in [2.75, 3.05) is 0 Å². The normalized spacial score (nSPS) is 7.25. The van der Waals surface area contributed by atoms with Gasteiger partial charge in [-0.2, -0.15) is 0 Å². The first-order valence-electron chi connectivity index (χ1n) is 2.66. The Morgan fingerprint density at radius 3 is 2.62 bits per heavy atom. The van der Waals surface area contributed by atoms with Gasteiger partial charge in [0.1, 0.15) is 0 Å². The Kier molecular flexibility index (Phi) is 4.07. The van der Waals surface area contributed by atoms with E-state index in [1.165, 1.54) is 5.57 Å². The van der Waals surface area contributed by atoms with Crippen LogP contribution in [0, 0.1) is 18.8 Å². The van der Waals surface area contributed by atoms with E-state index in [-0.39, 0.29) is 0 Å². The lowest BCUT2D eigenvalue weighted by molar-refractivity contribution is 1.01. The van der Waals surface area contributed by atoms with Gasteiger partial charge in [0.25, 0.3) is 0 Å². The van der Waals surface area contributed by atoms with E-state index >= 15 is 0 Å². The first-order valence-corrected chi connectivity index (χ1v) is 2.66. The number of hydrogen-bond acceptors (Lipinski definition) is 0. The zero-order chi connectivity index (χ0) is 6.41. The molecular weight excluding hydrogens is 96.1 g/mol. The van der Waals surface area contributed by atoms with E-state index < -0.39 is 0 Å². The minimum atomic E-state index is 0.902. The summed E-state index contributed by atoms with van der Waals surface area (Å²) in [7, 11) is 0. The van der Waals surface area contributed by atoms with Crippen molar-refractivity contribution in [1.29, 1.82) is 0 Å². The summed E-state index contributed by atoms with van der Waals surface area (Å²) in [5.41, 5.74) is 1.19. The molecule has 0 aliphatic heterocycles. The summed E-state index contributed by atoms with van der Waals surface area (Å²) in [6.07, 6.45) is 1.90. The standard InChI is InChI=1S/C8H11/c1-4-5-6-7-8(2)3/h1-2,6-7H2,3H3. The largest absolute Gasteiger partial charge is 0.103 e. The molecule has 0 aromatic rings. The third-order valence-electron chi connectivity index (χ3n) is 0.802. The maximum absolute atomic E-state index is 3.74. The molecule has 0 aliphatic rings. The molecule has 0 aromatic heterocycles. The van der Waals surface area contributed by atoms with Gasteiger partial charge in [0.05, 0.1) is 0 Å². The van der Waals surface area contributed by atoms with Crippen molar-refractivity contribution >= 4 is 0 Å². The van der Waals surface area contributed by atoms with Gasteiger partial charge in [-0.1, -0.05) is 5.57 Å². The Morgan fingerprint density at radius 1 is 1.62 bits per heavy atom. The highest BCUT2D eigenvalue weighted by Gasteiger charge is 1.79. The Balaban J connectivity index is 3.14. The van der Waals surface area contributed by atoms with Gasteiger partial charge in [0.15, 0.2) is 0 Å². The van der Waals surface area contributed by atoms with Crippen LogP contribution in [0.2, 0.25) is 0 Å². The molecule has 0 amide bonds. The zero-order valence-corrected chi connectivity index (χ0v) is 5.33. The molecule has 0 aliphatic carbocycles. The van der Waals surface area contributed by atoms with Gasteiger partial charge in [-0.05, 0) is 13.3 Å². The van der Waals surface area contributed by atoms with Crippen LogP contribution in [0.15, 0.2) is 12.2 Å². The second-order valence-electron chi connectivity index (χ2n) is 1.81. The van der Waals surface area contributed by atoms with E-state index in [4.69, 9.17) is 0 Å². The van der Waals surface area contributed by atoms with Crippen LogP contribution in [0.3, 0.4) is 0 Å². The van der Waals surface area contributed by atoms with Crippen molar-refractivity contribution in [3.63, 3.8) is 0 Å². The lowest BCUT2D eigenvalue weighted by Crippen LogP contribution is -1.70.